The number of thioether (sulfide) groups is 1. The van der Waals surface area contributed by atoms with Gasteiger partial charge in [-0.15, -0.1) is 11.8 Å². The van der Waals surface area contributed by atoms with Crippen LogP contribution in [0.4, 0.5) is 0 Å². The molecular weight excluding hydrogens is 270 g/mol. The van der Waals surface area contributed by atoms with Gasteiger partial charge in [0, 0.05) is 20.7 Å². The molecule has 0 heterocycles. The smallest absolute Gasteiger partial charge is 0.0314 e. The number of hydrogen-bond acceptors (Lipinski definition) is 2. The van der Waals surface area contributed by atoms with Crippen LogP contribution in [-0.2, 0) is 0 Å². The van der Waals surface area contributed by atoms with Crippen LogP contribution in [0.3, 0.4) is 0 Å². The summed E-state index contributed by atoms with van der Waals surface area (Å²) in [6.45, 7) is 6.58. The van der Waals surface area contributed by atoms with Crippen molar-refractivity contribution in [2.75, 3.05) is 7.05 Å². The summed E-state index contributed by atoms with van der Waals surface area (Å²) in [5.74, 6) is 0. The minimum Gasteiger partial charge on any atom is -0.313 e. The van der Waals surface area contributed by atoms with E-state index in [0.29, 0.717) is 11.3 Å². The van der Waals surface area contributed by atoms with E-state index in [2.05, 4.69) is 60.2 Å². The predicted octanol–water partition coefficient (Wildman–Crippen LogP) is 4.23. The fourth-order valence-electron chi connectivity index (χ4n) is 1.30. The first kappa shape index (κ1) is 13.1. The molecule has 0 aliphatic rings. The molecular formula is C12H18BrNS. The molecule has 0 saturated carbocycles. The molecule has 0 saturated heterocycles. The Morgan fingerprint density at radius 1 is 1.27 bits per heavy atom. The van der Waals surface area contributed by atoms with Crippen molar-refractivity contribution in [2.45, 2.75) is 37.0 Å². The third-order valence-corrected chi connectivity index (χ3v) is 4.25. The van der Waals surface area contributed by atoms with Gasteiger partial charge in [-0.25, -0.2) is 0 Å². The molecule has 1 aromatic rings. The van der Waals surface area contributed by atoms with Crippen LogP contribution in [-0.4, -0.2) is 12.3 Å². The summed E-state index contributed by atoms with van der Waals surface area (Å²) < 4.78 is 1.20. The molecule has 0 fully saturated rings. The van der Waals surface area contributed by atoms with Crippen LogP contribution in [0, 0.1) is 0 Å². The zero-order valence-electron chi connectivity index (χ0n) is 9.67. The molecule has 0 bridgehead atoms. The molecule has 0 aromatic heterocycles. The highest BCUT2D eigenvalue weighted by atomic mass is 79.9. The lowest BCUT2D eigenvalue weighted by molar-refractivity contribution is 0.651. The van der Waals surface area contributed by atoms with E-state index >= 15 is 0 Å². The quantitative estimate of drug-likeness (QED) is 0.832. The number of rotatable bonds is 4. The van der Waals surface area contributed by atoms with Gasteiger partial charge in [0.05, 0.1) is 0 Å². The predicted molar refractivity (Wildman–Crippen MR) is 72.6 cm³/mol. The summed E-state index contributed by atoms with van der Waals surface area (Å²) in [4.78, 5) is 1.32. The van der Waals surface area contributed by atoms with Gasteiger partial charge in [-0.2, -0.15) is 0 Å². The molecule has 84 valence electrons. The molecule has 0 radical (unpaired) electrons. The zero-order chi connectivity index (χ0) is 11.4. The SMILES string of the molecule is CNC(C)c1ccc(SC(C)C)c(Br)c1. The highest BCUT2D eigenvalue weighted by Crippen LogP contribution is 2.32. The van der Waals surface area contributed by atoms with Gasteiger partial charge in [0.1, 0.15) is 0 Å². The van der Waals surface area contributed by atoms with Crippen LogP contribution in [0.15, 0.2) is 27.6 Å². The van der Waals surface area contributed by atoms with Crippen molar-refractivity contribution in [3.8, 4) is 0 Å². The van der Waals surface area contributed by atoms with Crippen LogP contribution in [0.25, 0.3) is 0 Å². The monoisotopic (exact) mass is 287 g/mol. The molecule has 1 atom stereocenters. The molecule has 3 heteroatoms. The second-order valence-corrected chi connectivity index (χ2v) is 6.34. The Hall–Kier alpha value is 0.01000. The Morgan fingerprint density at radius 3 is 2.40 bits per heavy atom. The largest absolute Gasteiger partial charge is 0.313 e. The molecule has 1 N–H and O–H groups in total. The molecule has 0 amide bonds. The lowest BCUT2D eigenvalue weighted by Gasteiger charge is -2.13. The molecule has 1 rings (SSSR count). The average molecular weight is 288 g/mol. The highest BCUT2D eigenvalue weighted by Gasteiger charge is 2.07. The summed E-state index contributed by atoms with van der Waals surface area (Å²) in [5, 5.41) is 3.86. The van der Waals surface area contributed by atoms with Crippen LogP contribution < -0.4 is 5.32 Å². The van der Waals surface area contributed by atoms with Crippen molar-refractivity contribution in [3.63, 3.8) is 0 Å². The van der Waals surface area contributed by atoms with Crippen molar-refractivity contribution in [1.29, 1.82) is 0 Å². The molecule has 1 nitrogen and oxygen atoms in total. The van der Waals surface area contributed by atoms with Crippen LogP contribution in [0.1, 0.15) is 32.4 Å². The van der Waals surface area contributed by atoms with E-state index in [4.69, 9.17) is 0 Å². The third kappa shape index (κ3) is 3.82. The number of benzene rings is 1. The summed E-state index contributed by atoms with van der Waals surface area (Å²) >= 11 is 5.51. The van der Waals surface area contributed by atoms with E-state index in [1.54, 1.807) is 0 Å². The van der Waals surface area contributed by atoms with E-state index in [0.717, 1.165) is 0 Å². The van der Waals surface area contributed by atoms with Gasteiger partial charge in [-0.3, -0.25) is 0 Å². The Morgan fingerprint density at radius 2 is 1.93 bits per heavy atom. The van der Waals surface area contributed by atoms with E-state index in [1.165, 1.54) is 14.9 Å². The molecule has 0 aliphatic carbocycles. The maximum atomic E-state index is 3.62. The maximum absolute atomic E-state index is 3.62. The van der Waals surface area contributed by atoms with Crippen molar-refractivity contribution >= 4 is 27.7 Å². The minimum absolute atomic E-state index is 0.402. The maximum Gasteiger partial charge on any atom is 0.0314 e. The van der Waals surface area contributed by atoms with E-state index in [-0.39, 0.29) is 0 Å². The van der Waals surface area contributed by atoms with Gasteiger partial charge in [-0.1, -0.05) is 19.9 Å². The second kappa shape index (κ2) is 5.92. The fraction of sp³-hybridized carbons (Fsp3) is 0.500. The summed E-state index contributed by atoms with van der Waals surface area (Å²) in [7, 11) is 1.98. The van der Waals surface area contributed by atoms with Gasteiger partial charge >= 0.3 is 0 Å². The third-order valence-electron chi connectivity index (χ3n) is 2.25. The molecule has 1 unspecified atom stereocenters. The standard InChI is InChI=1S/C12H18BrNS/c1-8(2)15-12-6-5-10(7-11(12)13)9(3)14-4/h5-9,14H,1-4H3. The number of hydrogen-bond donors (Lipinski definition) is 1. The Kier molecular flexibility index (Phi) is 5.16. The van der Waals surface area contributed by atoms with Gasteiger partial charge in [0.15, 0.2) is 0 Å². The van der Waals surface area contributed by atoms with Gasteiger partial charge in [-0.05, 0) is 47.6 Å². The second-order valence-electron chi connectivity index (χ2n) is 3.87. The van der Waals surface area contributed by atoms with Crippen molar-refractivity contribution in [3.05, 3.63) is 28.2 Å². The van der Waals surface area contributed by atoms with Crippen molar-refractivity contribution < 1.29 is 0 Å². The zero-order valence-corrected chi connectivity index (χ0v) is 12.1. The number of halogens is 1. The first-order valence-electron chi connectivity index (χ1n) is 5.18. The molecule has 0 aliphatic heterocycles. The normalized spacial score (nSPS) is 13.2. The van der Waals surface area contributed by atoms with Crippen LogP contribution in [0.5, 0.6) is 0 Å². The molecule has 15 heavy (non-hydrogen) atoms. The average Bonchev–Trinajstić information content (AvgIpc) is 2.19. The Labute approximate surface area is 105 Å². The number of nitrogens with one attached hydrogen (secondary N) is 1. The van der Waals surface area contributed by atoms with Crippen LogP contribution in [0.2, 0.25) is 0 Å². The van der Waals surface area contributed by atoms with E-state index in [9.17, 15) is 0 Å². The first-order chi connectivity index (χ1) is 7.04. The van der Waals surface area contributed by atoms with E-state index < -0.39 is 0 Å². The highest BCUT2D eigenvalue weighted by molar-refractivity contribution is 9.10. The minimum atomic E-state index is 0.402. The first-order valence-corrected chi connectivity index (χ1v) is 6.85. The fourth-order valence-corrected chi connectivity index (χ4v) is 2.81. The summed E-state index contributed by atoms with van der Waals surface area (Å²) in [6.07, 6.45) is 0. The van der Waals surface area contributed by atoms with Gasteiger partial charge in [0.2, 0.25) is 0 Å². The summed E-state index contributed by atoms with van der Waals surface area (Å²) in [6, 6.07) is 6.99. The lowest BCUT2D eigenvalue weighted by atomic mass is 10.1. The Balaban J connectivity index is 2.88. The van der Waals surface area contributed by atoms with Crippen LogP contribution >= 0.6 is 27.7 Å². The van der Waals surface area contributed by atoms with Gasteiger partial charge < -0.3 is 5.32 Å². The van der Waals surface area contributed by atoms with E-state index in [1.807, 2.05) is 18.8 Å². The molecule has 0 spiro atoms. The summed E-state index contributed by atoms with van der Waals surface area (Å²) in [5.41, 5.74) is 1.32. The van der Waals surface area contributed by atoms with Crippen molar-refractivity contribution in [1.82, 2.24) is 5.32 Å². The lowest BCUT2D eigenvalue weighted by Crippen LogP contribution is -2.12. The molecule has 1 aromatic carbocycles. The van der Waals surface area contributed by atoms with Crippen molar-refractivity contribution in [2.24, 2.45) is 0 Å². The van der Waals surface area contributed by atoms with Gasteiger partial charge in [0.25, 0.3) is 0 Å². The topological polar surface area (TPSA) is 12.0 Å². The Bertz CT molecular complexity index is 325.